The summed E-state index contributed by atoms with van der Waals surface area (Å²) in [6.07, 6.45) is 6.26. The summed E-state index contributed by atoms with van der Waals surface area (Å²) >= 11 is 0. The molecule has 0 spiro atoms. The van der Waals surface area contributed by atoms with Crippen molar-refractivity contribution < 1.29 is 4.79 Å². The molecule has 2 atom stereocenters. The van der Waals surface area contributed by atoms with Crippen molar-refractivity contribution in [1.29, 1.82) is 0 Å². The molecule has 1 fully saturated rings. The molecular weight excluding hydrogens is 150 g/mol. The van der Waals surface area contributed by atoms with E-state index in [0.717, 1.165) is 6.42 Å². The second-order valence-electron chi connectivity index (χ2n) is 3.58. The zero-order valence-corrected chi connectivity index (χ0v) is 7.68. The van der Waals surface area contributed by atoms with Gasteiger partial charge < -0.3 is 5.32 Å². The number of nitrogens with one attached hydrogen (secondary N) is 1. The van der Waals surface area contributed by atoms with Crippen LogP contribution in [-0.4, -0.2) is 11.9 Å². The highest BCUT2D eigenvalue weighted by Gasteiger charge is 2.21. The highest BCUT2D eigenvalue weighted by atomic mass is 16.1. The van der Waals surface area contributed by atoms with Gasteiger partial charge in [0.2, 0.25) is 5.91 Å². The number of carbonyl (C=O) groups is 1. The number of carbonyl (C=O) groups excluding carboxylic acids is 1. The van der Waals surface area contributed by atoms with E-state index in [1.165, 1.54) is 25.3 Å². The lowest BCUT2D eigenvalue weighted by molar-refractivity contribution is -0.117. The lowest BCUT2D eigenvalue weighted by atomic mass is 9.86. The lowest BCUT2D eigenvalue weighted by Gasteiger charge is -2.28. The van der Waals surface area contributed by atoms with Crippen LogP contribution in [0, 0.1) is 5.92 Å². The topological polar surface area (TPSA) is 29.1 Å². The average Bonchev–Trinajstić information content (AvgIpc) is 2.09. The number of hydrogen-bond donors (Lipinski definition) is 1. The van der Waals surface area contributed by atoms with Crippen LogP contribution >= 0.6 is 0 Å². The maximum Gasteiger partial charge on any atom is 0.243 e. The minimum absolute atomic E-state index is 0.0336. The van der Waals surface area contributed by atoms with Gasteiger partial charge in [0.05, 0.1) is 0 Å². The Hall–Kier alpha value is -0.790. The van der Waals surface area contributed by atoms with E-state index >= 15 is 0 Å². The van der Waals surface area contributed by atoms with Crippen molar-refractivity contribution in [2.24, 2.45) is 5.92 Å². The van der Waals surface area contributed by atoms with Crippen LogP contribution in [0.4, 0.5) is 0 Å². The summed E-state index contributed by atoms with van der Waals surface area (Å²) in [5, 5.41) is 2.96. The zero-order valence-electron chi connectivity index (χ0n) is 7.68. The van der Waals surface area contributed by atoms with E-state index in [1.807, 2.05) is 0 Å². The monoisotopic (exact) mass is 167 g/mol. The van der Waals surface area contributed by atoms with Crippen molar-refractivity contribution in [2.45, 2.75) is 38.6 Å². The minimum atomic E-state index is -0.0336. The van der Waals surface area contributed by atoms with Crippen molar-refractivity contribution in [2.75, 3.05) is 0 Å². The van der Waals surface area contributed by atoms with E-state index in [4.69, 9.17) is 0 Å². The minimum Gasteiger partial charge on any atom is -0.350 e. The summed E-state index contributed by atoms with van der Waals surface area (Å²) in [6.45, 7) is 5.64. The Balaban J connectivity index is 2.38. The van der Waals surface area contributed by atoms with E-state index in [-0.39, 0.29) is 5.91 Å². The largest absolute Gasteiger partial charge is 0.350 e. The Morgan fingerprint density at radius 2 is 2.17 bits per heavy atom. The maximum absolute atomic E-state index is 11.0. The Kier molecular flexibility index (Phi) is 3.32. The summed E-state index contributed by atoms with van der Waals surface area (Å²) in [7, 11) is 0. The van der Waals surface area contributed by atoms with Crippen LogP contribution < -0.4 is 5.32 Å². The van der Waals surface area contributed by atoms with Gasteiger partial charge in [-0.15, -0.1) is 0 Å². The van der Waals surface area contributed by atoms with Gasteiger partial charge in [-0.05, 0) is 24.8 Å². The predicted molar refractivity (Wildman–Crippen MR) is 49.8 cm³/mol. The molecule has 1 N–H and O–H groups in total. The third-order valence-electron chi connectivity index (χ3n) is 2.62. The van der Waals surface area contributed by atoms with E-state index in [2.05, 4.69) is 18.8 Å². The van der Waals surface area contributed by atoms with Crippen molar-refractivity contribution in [3.8, 4) is 0 Å². The molecule has 2 nitrogen and oxygen atoms in total. The Morgan fingerprint density at radius 1 is 1.50 bits per heavy atom. The van der Waals surface area contributed by atoms with Gasteiger partial charge in [0.15, 0.2) is 0 Å². The summed E-state index contributed by atoms with van der Waals surface area (Å²) in [5.74, 6) is 0.594. The fourth-order valence-electron chi connectivity index (χ4n) is 1.77. The Morgan fingerprint density at radius 3 is 2.75 bits per heavy atom. The van der Waals surface area contributed by atoms with Crippen LogP contribution in [-0.2, 0) is 4.79 Å². The number of hydrogen-bond acceptors (Lipinski definition) is 1. The van der Waals surface area contributed by atoms with E-state index in [0.29, 0.717) is 12.0 Å². The second kappa shape index (κ2) is 4.29. The molecule has 0 aromatic carbocycles. The SMILES string of the molecule is C=CC(=O)NC1CCCCC1C. The van der Waals surface area contributed by atoms with Crippen LogP contribution in [0.2, 0.25) is 0 Å². The van der Waals surface area contributed by atoms with Crippen molar-refractivity contribution >= 4 is 5.91 Å². The first-order valence-electron chi connectivity index (χ1n) is 4.67. The van der Waals surface area contributed by atoms with E-state index in [1.54, 1.807) is 0 Å². The molecule has 68 valence electrons. The molecule has 0 radical (unpaired) electrons. The van der Waals surface area contributed by atoms with Crippen LogP contribution in [0.25, 0.3) is 0 Å². The van der Waals surface area contributed by atoms with Crippen LogP contribution in [0.3, 0.4) is 0 Å². The fraction of sp³-hybridized carbons (Fsp3) is 0.700. The Bertz CT molecular complexity index is 177. The fourth-order valence-corrected chi connectivity index (χ4v) is 1.77. The maximum atomic E-state index is 11.0. The molecule has 1 rings (SSSR count). The molecule has 0 bridgehead atoms. The van der Waals surface area contributed by atoms with E-state index < -0.39 is 0 Å². The van der Waals surface area contributed by atoms with Crippen molar-refractivity contribution in [3.05, 3.63) is 12.7 Å². The second-order valence-corrected chi connectivity index (χ2v) is 3.58. The average molecular weight is 167 g/mol. The van der Waals surface area contributed by atoms with Gasteiger partial charge in [-0.3, -0.25) is 4.79 Å². The molecule has 12 heavy (non-hydrogen) atoms. The molecule has 0 saturated heterocycles. The van der Waals surface area contributed by atoms with Crippen molar-refractivity contribution in [3.63, 3.8) is 0 Å². The van der Waals surface area contributed by atoms with Gasteiger partial charge in [-0.25, -0.2) is 0 Å². The molecular formula is C10H17NO. The third kappa shape index (κ3) is 2.36. The van der Waals surface area contributed by atoms with Gasteiger partial charge in [0, 0.05) is 6.04 Å². The third-order valence-corrected chi connectivity index (χ3v) is 2.62. The summed E-state index contributed by atoms with van der Waals surface area (Å²) in [6, 6.07) is 0.379. The number of rotatable bonds is 2. The summed E-state index contributed by atoms with van der Waals surface area (Å²) in [5.41, 5.74) is 0. The zero-order chi connectivity index (χ0) is 8.97. The molecule has 1 amide bonds. The number of amides is 1. The quantitative estimate of drug-likeness (QED) is 0.625. The van der Waals surface area contributed by atoms with E-state index in [9.17, 15) is 4.79 Å². The first-order chi connectivity index (χ1) is 5.74. The van der Waals surface area contributed by atoms with Gasteiger partial charge in [0.1, 0.15) is 0 Å². The van der Waals surface area contributed by atoms with Gasteiger partial charge in [-0.1, -0.05) is 26.3 Å². The van der Waals surface area contributed by atoms with Crippen LogP contribution in [0.1, 0.15) is 32.6 Å². The molecule has 0 aromatic heterocycles. The summed E-state index contributed by atoms with van der Waals surface area (Å²) < 4.78 is 0. The van der Waals surface area contributed by atoms with Gasteiger partial charge in [-0.2, -0.15) is 0 Å². The normalized spacial score (nSPS) is 29.4. The molecule has 2 heteroatoms. The first-order valence-corrected chi connectivity index (χ1v) is 4.67. The highest BCUT2D eigenvalue weighted by Crippen LogP contribution is 2.23. The molecule has 0 aromatic rings. The Labute approximate surface area is 74.0 Å². The molecule has 1 saturated carbocycles. The highest BCUT2D eigenvalue weighted by molar-refractivity contribution is 5.87. The van der Waals surface area contributed by atoms with Gasteiger partial charge in [0.25, 0.3) is 0 Å². The van der Waals surface area contributed by atoms with Crippen molar-refractivity contribution in [1.82, 2.24) is 5.32 Å². The smallest absolute Gasteiger partial charge is 0.243 e. The van der Waals surface area contributed by atoms with Crippen LogP contribution in [0.15, 0.2) is 12.7 Å². The molecule has 0 aliphatic heterocycles. The predicted octanol–water partition coefficient (Wildman–Crippen LogP) is 1.87. The van der Waals surface area contributed by atoms with Gasteiger partial charge >= 0.3 is 0 Å². The molecule has 2 unspecified atom stereocenters. The molecule has 0 heterocycles. The molecule has 1 aliphatic carbocycles. The summed E-state index contributed by atoms with van der Waals surface area (Å²) in [4.78, 5) is 11.0. The first kappa shape index (κ1) is 9.30. The van der Waals surface area contributed by atoms with Crippen LogP contribution in [0.5, 0.6) is 0 Å². The molecule has 1 aliphatic rings. The lowest BCUT2D eigenvalue weighted by Crippen LogP contribution is -2.40. The standard InChI is InChI=1S/C10H17NO/c1-3-10(12)11-9-7-5-4-6-8(9)2/h3,8-9H,1,4-7H2,2H3,(H,11,12).